The minimum Gasteiger partial charge on any atom is -0.394 e. The summed E-state index contributed by atoms with van der Waals surface area (Å²) in [6, 6.07) is 27.5. The Labute approximate surface area is 194 Å². The van der Waals surface area contributed by atoms with Crippen molar-refractivity contribution in [3.8, 4) is 0 Å². The van der Waals surface area contributed by atoms with E-state index >= 15 is 0 Å². The maximum atomic E-state index is 3.66. The van der Waals surface area contributed by atoms with Gasteiger partial charge >= 0.3 is 0 Å². The van der Waals surface area contributed by atoms with Crippen molar-refractivity contribution in [2.75, 3.05) is 0 Å². The van der Waals surface area contributed by atoms with Crippen molar-refractivity contribution in [2.24, 2.45) is 0 Å². The van der Waals surface area contributed by atoms with Crippen LogP contribution in [-0.2, 0) is 16.8 Å². The third kappa shape index (κ3) is 22.4. The average Bonchev–Trinajstić information content (AvgIpc) is 2.91. The van der Waals surface area contributed by atoms with Crippen LogP contribution in [0.2, 0.25) is 0 Å². The maximum Gasteiger partial charge on any atom is 0 e. The van der Waals surface area contributed by atoms with Gasteiger partial charge in [0.1, 0.15) is 0 Å². The Morgan fingerprint density at radius 3 is 0.516 bits per heavy atom. The summed E-state index contributed by atoms with van der Waals surface area (Å²) in [5.74, 6) is 0. The van der Waals surface area contributed by atoms with Crippen molar-refractivity contribution in [1.82, 2.24) is 24.9 Å². The summed E-state index contributed by atoms with van der Waals surface area (Å²) in [6.07, 6.45) is 21.7. The van der Waals surface area contributed by atoms with Gasteiger partial charge in [-0.3, -0.25) is 0 Å². The summed E-state index contributed by atoms with van der Waals surface area (Å²) >= 11 is 0. The van der Waals surface area contributed by atoms with Crippen molar-refractivity contribution in [3.05, 3.63) is 153 Å². The quantitative estimate of drug-likeness (QED) is 0.328. The van der Waals surface area contributed by atoms with Crippen molar-refractivity contribution in [2.45, 2.75) is 0 Å². The molecule has 0 N–H and O–H groups in total. The van der Waals surface area contributed by atoms with Gasteiger partial charge in [0.2, 0.25) is 0 Å². The Bertz CT molecular complexity index is 569. The van der Waals surface area contributed by atoms with Gasteiger partial charge in [0.05, 0.1) is 0 Å². The van der Waals surface area contributed by atoms with Crippen LogP contribution in [0.4, 0.5) is 0 Å². The van der Waals surface area contributed by atoms with Crippen LogP contribution in [0.1, 0.15) is 0 Å². The summed E-state index contributed by atoms with van der Waals surface area (Å²) in [4.78, 5) is 18.3. The summed E-state index contributed by atoms with van der Waals surface area (Å²) in [5, 5.41) is 0. The summed E-state index contributed by atoms with van der Waals surface area (Å²) in [7, 11) is 0. The third-order valence-corrected chi connectivity index (χ3v) is 2.59. The Balaban J connectivity index is 0.000000360. The molecule has 159 valence electrons. The van der Waals surface area contributed by atoms with Crippen LogP contribution in [0.25, 0.3) is 0 Å². The Morgan fingerprint density at radius 1 is 0.290 bits per heavy atom. The molecule has 0 bridgehead atoms. The van der Waals surface area contributed by atoms with Gasteiger partial charge in [-0.25, -0.2) is 0 Å². The molecule has 5 aromatic heterocycles. The number of aromatic nitrogens is 5. The average molecular weight is 449 g/mol. The number of rotatable bonds is 0. The molecule has 0 spiro atoms. The molecule has 5 heterocycles. The SMILES string of the molecule is [Co].[c-]1ccccn1.[c-]1ccccn1.[c-]1ccccn1.[c-]1ccccn1.[c-]1ccccn1. The van der Waals surface area contributed by atoms with Gasteiger partial charge in [0, 0.05) is 16.8 Å². The molecule has 0 saturated carbocycles. The zero-order chi connectivity index (χ0) is 21.2. The van der Waals surface area contributed by atoms with Crippen LogP contribution in [-0.4, -0.2) is 24.9 Å². The minimum absolute atomic E-state index is 0. The first kappa shape index (κ1) is 27.3. The van der Waals surface area contributed by atoms with Crippen molar-refractivity contribution < 1.29 is 16.8 Å². The zero-order valence-corrected chi connectivity index (χ0v) is 17.7. The summed E-state index contributed by atoms with van der Waals surface area (Å²) < 4.78 is 0. The number of nitrogens with zero attached hydrogens (tertiary/aromatic N) is 5. The normalized spacial score (nSPS) is 7.74. The molecule has 0 aliphatic carbocycles. The van der Waals surface area contributed by atoms with Gasteiger partial charge < -0.3 is 24.9 Å². The van der Waals surface area contributed by atoms with E-state index < -0.39 is 0 Å². The minimum atomic E-state index is 0. The summed E-state index contributed by atoms with van der Waals surface area (Å²) in [5.41, 5.74) is 0. The van der Waals surface area contributed by atoms with Crippen molar-refractivity contribution >= 4 is 0 Å². The molecule has 0 aliphatic heterocycles. The standard InChI is InChI=1S/5C5H4N.Co/c5*1-2-4-6-5-3-1;/h5*1-4H;/q5*-1;. The van der Waals surface area contributed by atoms with E-state index in [0.717, 1.165) is 0 Å². The Kier molecular flexibility index (Phi) is 21.4. The molecule has 0 atom stereocenters. The molecule has 0 saturated heterocycles. The fourth-order valence-corrected chi connectivity index (χ4v) is 1.39. The smallest absolute Gasteiger partial charge is 0 e. The number of hydrogen-bond donors (Lipinski definition) is 0. The number of hydrogen-bond acceptors (Lipinski definition) is 5. The first-order chi connectivity index (χ1) is 15.0. The second kappa shape index (κ2) is 24.3. The number of pyridine rings is 5. The van der Waals surface area contributed by atoms with E-state index in [0.29, 0.717) is 0 Å². The molecule has 5 aromatic rings. The third-order valence-electron chi connectivity index (χ3n) is 2.59. The van der Waals surface area contributed by atoms with Gasteiger partial charge in [0.25, 0.3) is 0 Å². The van der Waals surface area contributed by atoms with E-state index in [2.05, 4.69) is 55.9 Å². The van der Waals surface area contributed by atoms with Crippen LogP contribution in [0.5, 0.6) is 0 Å². The zero-order valence-electron chi connectivity index (χ0n) is 16.6. The van der Waals surface area contributed by atoms with Crippen LogP contribution in [0.3, 0.4) is 0 Å². The van der Waals surface area contributed by atoms with Gasteiger partial charge in [-0.2, -0.15) is 91.0 Å². The van der Waals surface area contributed by atoms with E-state index in [9.17, 15) is 0 Å². The van der Waals surface area contributed by atoms with E-state index in [1.165, 1.54) is 0 Å². The monoisotopic (exact) mass is 449 g/mol. The summed E-state index contributed by atoms with van der Waals surface area (Å²) in [6.45, 7) is 0. The van der Waals surface area contributed by atoms with Crippen molar-refractivity contribution in [3.63, 3.8) is 0 Å². The van der Waals surface area contributed by atoms with Gasteiger partial charge in [-0.05, 0) is 0 Å². The second-order valence-corrected chi connectivity index (χ2v) is 4.79. The molecule has 0 aliphatic rings. The molecule has 1 radical (unpaired) electrons. The molecule has 0 aromatic carbocycles. The second-order valence-electron chi connectivity index (χ2n) is 4.79. The first-order valence-corrected chi connectivity index (χ1v) is 8.85. The topological polar surface area (TPSA) is 64.5 Å². The Morgan fingerprint density at radius 2 is 0.484 bits per heavy atom. The van der Waals surface area contributed by atoms with Crippen LogP contribution < -0.4 is 0 Å². The van der Waals surface area contributed by atoms with Gasteiger partial charge in [0.15, 0.2) is 0 Å². The van der Waals surface area contributed by atoms with Crippen LogP contribution >= 0.6 is 0 Å². The fraction of sp³-hybridized carbons (Fsp3) is 0. The molecule has 5 rings (SSSR count). The molecular weight excluding hydrogens is 429 g/mol. The van der Waals surface area contributed by atoms with Crippen LogP contribution in [0, 0.1) is 31.0 Å². The first-order valence-electron chi connectivity index (χ1n) is 8.85. The van der Waals surface area contributed by atoms with Gasteiger partial charge in [-0.15, -0.1) is 0 Å². The van der Waals surface area contributed by atoms with Crippen molar-refractivity contribution in [1.29, 1.82) is 0 Å². The van der Waals surface area contributed by atoms with E-state index in [1.807, 2.05) is 60.7 Å². The predicted molar refractivity (Wildman–Crippen MR) is 115 cm³/mol. The molecular formula is C25H20CoN5-5. The molecule has 0 unspecified atom stereocenters. The van der Waals surface area contributed by atoms with E-state index in [1.54, 1.807) is 61.3 Å². The predicted octanol–water partition coefficient (Wildman–Crippen LogP) is 4.41. The molecule has 31 heavy (non-hydrogen) atoms. The van der Waals surface area contributed by atoms with E-state index in [4.69, 9.17) is 0 Å². The molecule has 6 heteroatoms. The van der Waals surface area contributed by atoms with E-state index in [-0.39, 0.29) is 16.8 Å². The molecule has 0 fully saturated rings. The Hall–Kier alpha value is -3.74. The van der Waals surface area contributed by atoms with Crippen LogP contribution in [0.15, 0.2) is 122 Å². The largest absolute Gasteiger partial charge is 0.394 e. The van der Waals surface area contributed by atoms with Gasteiger partial charge in [-0.1, -0.05) is 62.0 Å². The molecule has 0 amide bonds. The maximum absolute atomic E-state index is 3.66. The molecule has 5 nitrogen and oxygen atoms in total. The fourth-order valence-electron chi connectivity index (χ4n) is 1.39.